The van der Waals surface area contributed by atoms with Gasteiger partial charge in [-0.1, -0.05) is 6.07 Å². The molecular formula is C19H21FN4O4S2. The summed E-state index contributed by atoms with van der Waals surface area (Å²) in [6.07, 6.45) is -0.743. The van der Waals surface area contributed by atoms with Gasteiger partial charge in [-0.15, -0.1) is 0 Å². The van der Waals surface area contributed by atoms with Crippen molar-refractivity contribution in [1.29, 1.82) is 0 Å². The number of ether oxygens (including phenoxy) is 1. The predicted molar refractivity (Wildman–Crippen MR) is 111 cm³/mol. The van der Waals surface area contributed by atoms with Gasteiger partial charge in [-0.05, 0) is 36.4 Å². The predicted octanol–water partition coefficient (Wildman–Crippen LogP) is 1.58. The van der Waals surface area contributed by atoms with Gasteiger partial charge in [0.1, 0.15) is 40.2 Å². The Balaban J connectivity index is 1.31. The summed E-state index contributed by atoms with van der Waals surface area (Å²) in [5.74, 6) is 0.134. The average Bonchev–Trinajstić information content (AvgIpc) is 3.22. The lowest BCUT2D eigenvalue weighted by Crippen LogP contribution is -2.50. The van der Waals surface area contributed by atoms with Crippen LogP contribution in [0.3, 0.4) is 0 Å². The summed E-state index contributed by atoms with van der Waals surface area (Å²) in [5.41, 5.74) is 0.974. The maximum atomic E-state index is 13.1. The van der Waals surface area contributed by atoms with Crippen LogP contribution in [-0.4, -0.2) is 76.9 Å². The van der Waals surface area contributed by atoms with E-state index in [9.17, 15) is 17.9 Å². The molecule has 0 spiro atoms. The lowest BCUT2D eigenvalue weighted by Gasteiger charge is -2.34. The van der Waals surface area contributed by atoms with Crippen molar-refractivity contribution in [3.63, 3.8) is 0 Å². The second-order valence-electron chi connectivity index (χ2n) is 7.01. The minimum absolute atomic E-state index is 0.0724. The normalized spacial score (nSPS) is 17.3. The molecule has 2 heterocycles. The number of rotatable bonds is 7. The van der Waals surface area contributed by atoms with E-state index >= 15 is 0 Å². The highest BCUT2D eigenvalue weighted by molar-refractivity contribution is 7.89. The SMILES string of the molecule is O=S(=O)(c1cccc2nsnc12)N1CCN(CC(O)COc2ccc(F)cc2)CC1. The lowest BCUT2D eigenvalue weighted by molar-refractivity contribution is 0.0569. The minimum atomic E-state index is -3.67. The van der Waals surface area contributed by atoms with Crippen molar-refractivity contribution in [2.75, 3.05) is 39.3 Å². The van der Waals surface area contributed by atoms with E-state index in [-0.39, 0.29) is 17.3 Å². The number of nitrogens with zero attached hydrogens (tertiary/aromatic N) is 4. The van der Waals surface area contributed by atoms with Crippen LogP contribution in [-0.2, 0) is 10.0 Å². The summed E-state index contributed by atoms with van der Waals surface area (Å²) >= 11 is 0.991. The van der Waals surface area contributed by atoms with Crippen molar-refractivity contribution in [3.05, 3.63) is 48.3 Å². The molecule has 1 unspecified atom stereocenters. The van der Waals surface area contributed by atoms with Crippen LogP contribution in [0.5, 0.6) is 5.75 Å². The van der Waals surface area contributed by atoms with Crippen LogP contribution in [0, 0.1) is 5.82 Å². The number of fused-ring (bicyclic) bond motifs is 1. The van der Waals surface area contributed by atoms with E-state index in [4.69, 9.17) is 4.74 Å². The fourth-order valence-electron chi connectivity index (χ4n) is 3.36. The average molecular weight is 453 g/mol. The van der Waals surface area contributed by atoms with E-state index in [0.29, 0.717) is 49.5 Å². The first kappa shape index (κ1) is 21.1. The van der Waals surface area contributed by atoms with E-state index in [0.717, 1.165) is 11.7 Å². The third-order valence-electron chi connectivity index (χ3n) is 4.92. The maximum absolute atomic E-state index is 13.1. The van der Waals surface area contributed by atoms with E-state index in [1.807, 2.05) is 4.90 Å². The highest BCUT2D eigenvalue weighted by Crippen LogP contribution is 2.25. The minimum Gasteiger partial charge on any atom is -0.491 e. The molecular weight excluding hydrogens is 431 g/mol. The standard InChI is InChI=1S/C19H21FN4O4S2/c20-14-4-6-16(7-5-14)28-13-15(25)12-23-8-10-24(11-9-23)30(26,27)18-3-1-2-17-19(18)22-29-21-17/h1-7,15,25H,8-13H2. The van der Waals surface area contributed by atoms with Gasteiger partial charge in [-0.3, -0.25) is 4.90 Å². The second-order valence-corrected chi connectivity index (χ2v) is 9.45. The Bertz CT molecular complexity index is 1100. The molecule has 1 aliphatic rings. The fourth-order valence-corrected chi connectivity index (χ4v) is 5.53. The molecule has 1 N–H and O–H groups in total. The van der Waals surface area contributed by atoms with Gasteiger partial charge in [-0.25, -0.2) is 12.8 Å². The molecule has 3 aromatic rings. The number of sulfonamides is 1. The van der Waals surface area contributed by atoms with Crippen molar-refractivity contribution < 1.29 is 22.7 Å². The number of hydrogen-bond donors (Lipinski definition) is 1. The number of benzene rings is 2. The Morgan fingerprint density at radius 3 is 2.57 bits per heavy atom. The Kier molecular flexibility index (Phi) is 6.25. The molecule has 1 aromatic heterocycles. The van der Waals surface area contributed by atoms with Gasteiger partial charge >= 0.3 is 0 Å². The Morgan fingerprint density at radius 1 is 1.10 bits per heavy atom. The molecule has 30 heavy (non-hydrogen) atoms. The topological polar surface area (TPSA) is 95.9 Å². The van der Waals surface area contributed by atoms with Crippen LogP contribution >= 0.6 is 11.7 Å². The summed E-state index contributed by atoms with van der Waals surface area (Å²) in [4.78, 5) is 2.17. The maximum Gasteiger partial charge on any atom is 0.245 e. The van der Waals surface area contributed by atoms with Crippen LogP contribution in [0.2, 0.25) is 0 Å². The third-order valence-corrected chi connectivity index (χ3v) is 7.40. The van der Waals surface area contributed by atoms with Crippen molar-refractivity contribution in [1.82, 2.24) is 18.0 Å². The quantitative estimate of drug-likeness (QED) is 0.581. The zero-order chi connectivity index (χ0) is 21.1. The molecule has 11 heteroatoms. The number of halogens is 1. The number of piperazine rings is 1. The molecule has 0 bridgehead atoms. The number of aromatic nitrogens is 2. The van der Waals surface area contributed by atoms with E-state index in [2.05, 4.69) is 8.75 Å². The Hall–Kier alpha value is -2.18. The van der Waals surface area contributed by atoms with Crippen LogP contribution in [0.4, 0.5) is 4.39 Å². The summed E-state index contributed by atoms with van der Waals surface area (Å²) in [6, 6.07) is 10.6. The smallest absolute Gasteiger partial charge is 0.245 e. The van der Waals surface area contributed by atoms with Gasteiger partial charge in [0.15, 0.2) is 0 Å². The highest BCUT2D eigenvalue weighted by atomic mass is 32.2. The van der Waals surface area contributed by atoms with Gasteiger partial charge in [0.25, 0.3) is 0 Å². The van der Waals surface area contributed by atoms with Crippen molar-refractivity contribution in [2.45, 2.75) is 11.0 Å². The van der Waals surface area contributed by atoms with E-state index < -0.39 is 16.1 Å². The molecule has 4 rings (SSSR count). The summed E-state index contributed by atoms with van der Waals surface area (Å²) < 4.78 is 54.2. The molecule has 0 aliphatic carbocycles. The van der Waals surface area contributed by atoms with Gasteiger partial charge in [-0.2, -0.15) is 13.1 Å². The first-order chi connectivity index (χ1) is 14.4. The molecule has 0 radical (unpaired) electrons. The number of aliphatic hydroxyl groups is 1. The summed E-state index contributed by atoms with van der Waals surface area (Å²) in [5, 5.41) is 10.2. The second kappa shape index (κ2) is 8.90. The number of β-amino-alcohol motifs (C(OH)–C–C–N with tert-alkyl or cyclic N) is 1. The van der Waals surface area contributed by atoms with Gasteiger partial charge in [0.05, 0.1) is 11.7 Å². The van der Waals surface area contributed by atoms with E-state index in [1.165, 1.54) is 28.6 Å². The zero-order valence-electron chi connectivity index (χ0n) is 16.0. The molecule has 160 valence electrons. The molecule has 0 saturated carbocycles. The van der Waals surface area contributed by atoms with Crippen molar-refractivity contribution >= 4 is 32.8 Å². The van der Waals surface area contributed by atoms with Crippen LogP contribution in [0.15, 0.2) is 47.4 Å². The van der Waals surface area contributed by atoms with Crippen LogP contribution in [0.1, 0.15) is 0 Å². The number of hydrogen-bond acceptors (Lipinski definition) is 8. The van der Waals surface area contributed by atoms with Gasteiger partial charge in [0, 0.05) is 32.7 Å². The number of aliphatic hydroxyl groups excluding tert-OH is 1. The molecule has 1 saturated heterocycles. The molecule has 1 aliphatic heterocycles. The summed E-state index contributed by atoms with van der Waals surface area (Å²) in [7, 11) is -3.67. The fraction of sp³-hybridized carbons (Fsp3) is 0.368. The molecule has 1 fully saturated rings. The van der Waals surface area contributed by atoms with Crippen molar-refractivity contribution in [3.8, 4) is 5.75 Å². The monoisotopic (exact) mass is 452 g/mol. The molecule has 2 aromatic carbocycles. The lowest BCUT2D eigenvalue weighted by atomic mass is 10.3. The molecule has 1 atom stereocenters. The first-order valence-electron chi connectivity index (χ1n) is 9.44. The van der Waals surface area contributed by atoms with Gasteiger partial charge < -0.3 is 9.84 Å². The van der Waals surface area contributed by atoms with E-state index in [1.54, 1.807) is 18.2 Å². The Labute approximate surface area is 177 Å². The van der Waals surface area contributed by atoms with Crippen LogP contribution < -0.4 is 4.74 Å². The Morgan fingerprint density at radius 2 is 1.83 bits per heavy atom. The zero-order valence-corrected chi connectivity index (χ0v) is 17.6. The summed E-state index contributed by atoms with van der Waals surface area (Å²) in [6.45, 7) is 2.07. The van der Waals surface area contributed by atoms with Crippen molar-refractivity contribution in [2.24, 2.45) is 0 Å². The highest BCUT2D eigenvalue weighted by Gasteiger charge is 2.31. The first-order valence-corrected chi connectivity index (χ1v) is 11.6. The molecule has 8 nitrogen and oxygen atoms in total. The third kappa shape index (κ3) is 4.60. The van der Waals surface area contributed by atoms with Crippen LogP contribution in [0.25, 0.3) is 11.0 Å². The molecule has 0 amide bonds. The van der Waals surface area contributed by atoms with Gasteiger partial charge in [0.2, 0.25) is 10.0 Å². The largest absolute Gasteiger partial charge is 0.491 e.